The highest BCUT2D eigenvalue weighted by molar-refractivity contribution is 5.95. The lowest BCUT2D eigenvalue weighted by Crippen LogP contribution is -2.65. The van der Waals surface area contributed by atoms with E-state index in [1.165, 1.54) is 5.06 Å². The zero-order valence-electron chi connectivity index (χ0n) is 23.2. The lowest BCUT2D eigenvalue weighted by Gasteiger charge is -2.49. The van der Waals surface area contributed by atoms with E-state index in [4.69, 9.17) is 4.84 Å². The summed E-state index contributed by atoms with van der Waals surface area (Å²) in [6.07, 6.45) is 6.06. The first-order valence-electron chi connectivity index (χ1n) is 14.1. The number of fused-ring (bicyclic) bond motifs is 1. The van der Waals surface area contributed by atoms with Crippen LogP contribution in [0.25, 0.3) is 0 Å². The van der Waals surface area contributed by atoms with Crippen LogP contribution in [0.4, 0.5) is 0 Å². The van der Waals surface area contributed by atoms with Gasteiger partial charge >= 0.3 is 0 Å². The van der Waals surface area contributed by atoms with Gasteiger partial charge in [-0.05, 0) is 76.2 Å². The van der Waals surface area contributed by atoms with Crippen LogP contribution in [-0.2, 0) is 19.2 Å². The molecule has 206 valence electrons. The summed E-state index contributed by atoms with van der Waals surface area (Å²) in [5.41, 5.74) is 0.896. The van der Waals surface area contributed by atoms with Crippen molar-refractivity contribution in [1.82, 2.24) is 24.7 Å². The van der Waals surface area contributed by atoms with Crippen LogP contribution in [0, 0.1) is 17.8 Å². The fourth-order valence-corrected chi connectivity index (χ4v) is 5.98. The first-order chi connectivity index (χ1) is 18.2. The van der Waals surface area contributed by atoms with Gasteiger partial charge in [0.05, 0.1) is 6.20 Å². The second-order valence-corrected chi connectivity index (χ2v) is 12.2. The molecule has 4 heterocycles. The summed E-state index contributed by atoms with van der Waals surface area (Å²) in [4.78, 5) is 58.1. The maximum atomic E-state index is 14.0. The second-order valence-electron chi connectivity index (χ2n) is 12.2. The molecule has 0 spiro atoms. The molecule has 5 rings (SSSR count). The van der Waals surface area contributed by atoms with Gasteiger partial charge in [-0.25, -0.2) is 0 Å². The van der Waals surface area contributed by atoms with Crippen molar-refractivity contribution >= 4 is 17.7 Å². The number of carbonyl (C=O) groups excluding carboxylic acids is 3. The molecular weight excluding hydrogens is 482 g/mol. The Bertz CT molecular complexity index is 1080. The van der Waals surface area contributed by atoms with Crippen molar-refractivity contribution in [2.45, 2.75) is 83.9 Å². The number of nitrogens with zero attached hydrogens (tertiary/aromatic N) is 5. The predicted octanol–water partition coefficient (Wildman–Crippen LogP) is 3.35. The minimum absolute atomic E-state index is 0.0317. The number of likely N-dealkylation sites (tertiary alicyclic amines) is 1. The lowest BCUT2D eigenvalue weighted by molar-refractivity contribution is -0.230. The van der Waals surface area contributed by atoms with Crippen LogP contribution in [0.1, 0.15) is 71.4 Å². The molecule has 4 atom stereocenters. The third-order valence-electron chi connectivity index (χ3n) is 8.14. The summed E-state index contributed by atoms with van der Waals surface area (Å²) >= 11 is 0. The average Bonchev–Trinajstić information content (AvgIpc) is 3.68. The first-order valence-corrected chi connectivity index (χ1v) is 14.1. The van der Waals surface area contributed by atoms with Crippen LogP contribution >= 0.6 is 0 Å². The van der Waals surface area contributed by atoms with Crippen molar-refractivity contribution in [2.75, 3.05) is 20.1 Å². The lowest BCUT2D eigenvalue weighted by atomic mass is 9.95. The second kappa shape index (κ2) is 10.8. The number of carbonyl (C=O) groups is 3. The minimum atomic E-state index is -0.805. The van der Waals surface area contributed by atoms with E-state index in [0.717, 1.165) is 31.6 Å². The summed E-state index contributed by atoms with van der Waals surface area (Å²) in [6, 6.07) is 5.13. The molecule has 38 heavy (non-hydrogen) atoms. The highest BCUT2D eigenvalue weighted by Crippen LogP contribution is 2.49. The van der Waals surface area contributed by atoms with Crippen molar-refractivity contribution in [3.05, 3.63) is 42.1 Å². The summed E-state index contributed by atoms with van der Waals surface area (Å²) in [6.45, 7) is 9.98. The van der Waals surface area contributed by atoms with Gasteiger partial charge in [0.15, 0.2) is 11.9 Å². The van der Waals surface area contributed by atoms with Crippen molar-refractivity contribution in [3.63, 3.8) is 0 Å². The van der Waals surface area contributed by atoms with Gasteiger partial charge in [0.2, 0.25) is 5.91 Å². The van der Waals surface area contributed by atoms with Gasteiger partial charge in [-0.1, -0.05) is 33.8 Å². The number of aromatic nitrogens is 1. The normalized spacial score (nSPS) is 28.7. The molecule has 0 aromatic carbocycles. The van der Waals surface area contributed by atoms with E-state index >= 15 is 0 Å². The van der Waals surface area contributed by atoms with E-state index < -0.39 is 12.1 Å². The Morgan fingerprint density at radius 3 is 2.39 bits per heavy atom. The SMILES string of the molecule is CC(C)C[C@H]1ON(C(=O)[C@@H]2C[C@H]2c2ccccn2)C2=CN(C3CCN(C)CC3)C(=O)[C@H](CC(C)C)N2C1=O. The number of hydroxylamine groups is 2. The molecule has 1 aromatic heterocycles. The van der Waals surface area contributed by atoms with E-state index in [9.17, 15) is 14.4 Å². The van der Waals surface area contributed by atoms with Crippen LogP contribution in [0.2, 0.25) is 0 Å². The third-order valence-corrected chi connectivity index (χ3v) is 8.14. The number of piperidine rings is 1. The largest absolute Gasteiger partial charge is 0.310 e. The zero-order valence-corrected chi connectivity index (χ0v) is 23.2. The van der Waals surface area contributed by atoms with Gasteiger partial charge in [-0.2, -0.15) is 5.06 Å². The maximum absolute atomic E-state index is 14.0. The molecule has 3 fully saturated rings. The number of hydrogen-bond acceptors (Lipinski definition) is 6. The molecule has 3 aliphatic heterocycles. The van der Waals surface area contributed by atoms with Gasteiger partial charge in [-0.3, -0.25) is 29.1 Å². The number of pyridine rings is 1. The van der Waals surface area contributed by atoms with Gasteiger partial charge in [0.1, 0.15) is 6.04 Å². The van der Waals surface area contributed by atoms with E-state index in [2.05, 4.69) is 30.8 Å². The molecular formula is C29H41N5O4. The summed E-state index contributed by atoms with van der Waals surface area (Å²) < 4.78 is 0. The summed E-state index contributed by atoms with van der Waals surface area (Å²) in [7, 11) is 2.09. The van der Waals surface area contributed by atoms with Crippen molar-refractivity contribution < 1.29 is 19.2 Å². The van der Waals surface area contributed by atoms with E-state index in [-0.39, 0.29) is 47.4 Å². The van der Waals surface area contributed by atoms with Gasteiger partial charge in [-0.15, -0.1) is 0 Å². The standard InChI is InChI=1S/C29H41N5O4/c1-18(2)14-24-28(36)32(20-9-12-31(5)13-10-20)17-26-33(24)29(37)25(15-19(3)4)38-34(26)27(35)22-16-21(22)23-8-6-7-11-30-23/h6-8,11,17-22,24-25H,9-10,12-16H2,1-5H3/t21-,22-,24+,25-/m1/s1. The molecule has 1 aromatic rings. The van der Waals surface area contributed by atoms with Crippen LogP contribution < -0.4 is 0 Å². The highest BCUT2D eigenvalue weighted by Gasteiger charge is 2.54. The fraction of sp³-hybridized carbons (Fsp3) is 0.655. The molecule has 1 aliphatic carbocycles. The molecule has 0 N–H and O–H groups in total. The maximum Gasteiger partial charge on any atom is 0.260 e. The van der Waals surface area contributed by atoms with Gasteiger partial charge in [0, 0.05) is 29.8 Å². The van der Waals surface area contributed by atoms with E-state index in [1.54, 1.807) is 22.2 Å². The van der Waals surface area contributed by atoms with Gasteiger partial charge < -0.3 is 9.80 Å². The fourth-order valence-electron chi connectivity index (χ4n) is 5.98. The van der Waals surface area contributed by atoms with E-state index in [1.807, 2.05) is 32.0 Å². The Morgan fingerprint density at radius 1 is 1.05 bits per heavy atom. The van der Waals surface area contributed by atoms with Crippen molar-refractivity contribution in [2.24, 2.45) is 17.8 Å². The Balaban J connectivity index is 1.51. The molecule has 9 nitrogen and oxygen atoms in total. The Labute approximate surface area is 225 Å². The molecule has 0 bridgehead atoms. The van der Waals surface area contributed by atoms with E-state index in [0.29, 0.717) is 25.1 Å². The smallest absolute Gasteiger partial charge is 0.260 e. The topological polar surface area (TPSA) is 86.3 Å². The molecule has 0 radical (unpaired) electrons. The molecule has 1 saturated carbocycles. The molecule has 2 saturated heterocycles. The predicted molar refractivity (Wildman–Crippen MR) is 142 cm³/mol. The van der Waals surface area contributed by atoms with Crippen LogP contribution in [0.15, 0.2) is 36.4 Å². The quantitative estimate of drug-likeness (QED) is 0.545. The third kappa shape index (κ3) is 5.23. The first kappa shape index (κ1) is 26.8. The number of rotatable bonds is 7. The summed E-state index contributed by atoms with van der Waals surface area (Å²) in [5.74, 6) is 0.0860. The highest BCUT2D eigenvalue weighted by atomic mass is 16.7. The zero-order chi connectivity index (χ0) is 27.1. The van der Waals surface area contributed by atoms with Crippen LogP contribution in [-0.4, -0.2) is 80.8 Å². The van der Waals surface area contributed by atoms with Gasteiger partial charge in [0.25, 0.3) is 11.8 Å². The summed E-state index contributed by atoms with van der Waals surface area (Å²) in [5, 5.41) is 1.35. The molecule has 0 unspecified atom stereocenters. The number of amides is 3. The number of hydrogen-bond donors (Lipinski definition) is 0. The molecule has 9 heteroatoms. The Hall–Kier alpha value is -2.78. The van der Waals surface area contributed by atoms with Crippen LogP contribution in [0.5, 0.6) is 0 Å². The monoisotopic (exact) mass is 523 g/mol. The van der Waals surface area contributed by atoms with Crippen molar-refractivity contribution in [1.29, 1.82) is 0 Å². The molecule has 4 aliphatic rings. The average molecular weight is 524 g/mol. The van der Waals surface area contributed by atoms with Crippen LogP contribution in [0.3, 0.4) is 0 Å². The van der Waals surface area contributed by atoms with Crippen molar-refractivity contribution in [3.8, 4) is 0 Å². The molecule has 3 amide bonds. The Morgan fingerprint density at radius 2 is 1.76 bits per heavy atom. The minimum Gasteiger partial charge on any atom is -0.310 e. The Kier molecular flexibility index (Phi) is 7.60.